The van der Waals surface area contributed by atoms with E-state index in [2.05, 4.69) is 49.0 Å². The van der Waals surface area contributed by atoms with Gasteiger partial charge in [0.15, 0.2) is 0 Å². The van der Waals surface area contributed by atoms with Crippen LogP contribution in [0.25, 0.3) is 10.9 Å². The molecule has 0 radical (unpaired) electrons. The topological polar surface area (TPSA) is 17.0 Å². The smallest absolute Gasteiger partial charge is 0.0498 e. The standard InChI is InChI=1S/C16H23ClN2/c1-4-5-8-19-11-13(10-18-12(2)3)15-7-6-14(17)9-16(15)19/h6-7,9,11-12,18H,4-5,8,10H2,1-3H3. The Hall–Kier alpha value is -0.990. The van der Waals surface area contributed by atoms with Gasteiger partial charge >= 0.3 is 0 Å². The highest BCUT2D eigenvalue weighted by Gasteiger charge is 2.09. The summed E-state index contributed by atoms with van der Waals surface area (Å²) in [5.41, 5.74) is 2.61. The van der Waals surface area contributed by atoms with Crippen molar-refractivity contribution in [2.45, 2.75) is 52.7 Å². The van der Waals surface area contributed by atoms with Crippen LogP contribution in [0, 0.1) is 0 Å². The Labute approximate surface area is 120 Å². The summed E-state index contributed by atoms with van der Waals surface area (Å²) in [4.78, 5) is 0. The summed E-state index contributed by atoms with van der Waals surface area (Å²) >= 11 is 6.13. The maximum atomic E-state index is 6.13. The number of halogens is 1. The molecule has 1 heterocycles. The average Bonchev–Trinajstić information content (AvgIpc) is 2.71. The lowest BCUT2D eigenvalue weighted by atomic mass is 10.1. The van der Waals surface area contributed by atoms with Crippen LogP contribution in [-0.4, -0.2) is 10.6 Å². The highest BCUT2D eigenvalue weighted by molar-refractivity contribution is 6.31. The fourth-order valence-corrected chi connectivity index (χ4v) is 2.48. The Morgan fingerprint density at radius 2 is 2.11 bits per heavy atom. The minimum Gasteiger partial charge on any atom is -0.347 e. The van der Waals surface area contributed by atoms with Gasteiger partial charge in [0.25, 0.3) is 0 Å². The van der Waals surface area contributed by atoms with Crippen molar-refractivity contribution in [3.05, 3.63) is 35.0 Å². The molecule has 1 aromatic heterocycles. The van der Waals surface area contributed by atoms with Crippen LogP contribution in [0.4, 0.5) is 0 Å². The molecule has 0 unspecified atom stereocenters. The third kappa shape index (κ3) is 3.52. The number of nitrogens with zero attached hydrogens (tertiary/aromatic N) is 1. The molecule has 0 saturated carbocycles. The van der Waals surface area contributed by atoms with E-state index in [1.165, 1.54) is 29.3 Å². The van der Waals surface area contributed by atoms with Crippen LogP contribution in [0.15, 0.2) is 24.4 Å². The van der Waals surface area contributed by atoms with E-state index in [0.717, 1.165) is 18.1 Å². The first-order chi connectivity index (χ1) is 9.11. The van der Waals surface area contributed by atoms with Gasteiger partial charge in [0.2, 0.25) is 0 Å². The van der Waals surface area contributed by atoms with Crippen LogP contribution in [0.3, 0.4) is 0 Å². The van der Waals surface area contributed by atoms with E-state index in [9.17, 15) is 0 Å². The van der Waals surface area contributed by atoms with Crippen LogP contribution in [0.2, 0.25) is 5.02 Å². The van der Waals surface area contributed by atoms with E-state index in [0.29, 0.717) is 6.04 Å². The SMILES string of the molecule is CCCCn1cc(CNC(C)C)c2ccc(Cl)cc21. The van der Waals surface area contributed by atoms with Crippen molar-refractivity contribution in [3.8, 4) is 0 Å². The molecule has 0 bridgehead atoms. The molecule has 0 amide bonds. The van der Waals surface area contributed by atoms with E-state index in [1.54, 1.807) is 0 Å². The molecular weight excluding hydrogens is 256 g/mol. The lowest BCUT2D eigenvalue weighted by Crippen LogP contribution is -2.21. The van der Waals surface area contributed by atoms with E-state index in [-0.39, 0.29) is 0 Å². The third-order valence-corrected chi connectivity index (χ3v) is 3.62. The van der Waals surface area contributed by atoms with Crippen molar-refractivity contribution in [2.24, 2.45) is 0 Å². The lowest BCUT2D eigenvalue weighted by molar-refractivity contribution is 0.587. The molecule has 0 fully saturated rings. The van der Waals surface area contributed by atoms with Crippen molar-refractivity contribution in [1.29, 1.82) is 0 Å². The van der Waals surface area contributed by atoms with Crippen molar-refractivity contribution in [2.75, 3.05) is 0 Å². The second-order valence-electron chi connectivity index (χ2n) is 5.40. The van der Waals surface area contributed by atoms with Crippen LogP contribution < -0.4 is 5.32 Å². The quantitative estimate of drug-likeness (QED) is 0.818. The van der Waals surface area contributed by atoms with Crippen molar-refractivity contribution in [3.63, 3.8) is 0 Å². The molecule has 1 N–H and O–H groups in total. The minimum atomic E-state index is 0.501. The highest BCUT2D eigenvalue weighted by atomic mass is 35.5. The summed E-state index contributed by atoms with van der Waals surface area (Å²) in [6.45, 7) is 8.55. The summed E-state index contributed by atoms with van der Waals surface area (Å²) in [5, 5.41) is 5.62. The summed E-state index contributed by atoms with van der Waals surface area (Å²) in [5.74, 6) is 0. The zero-order valence-corrected chi connectivity index (χ0v) is 12.8. The van der Waals surface area contributed by atoms with Crippen LogP contribution >= 0.6 is 11.6 Å². The summed E-state index contributed by atoms with van der Waals surface area (Å²) in [6.07, 6.45) is 4.68. The number of unbranched alkanes of at least 4 members (excludes halogenated alkanes) is 1. The maximum absolute atomic E-state index is 6.13. The molecule has 0 aliphatic heterocycles. The van der Waals surface area contributed by atoms with E-state index in [4.69, 9.17) is 11.6 Å². The molecule has 2 rings (SSSR count). The predicted octanol–water partition coefficient (Wildman–Crippen LogP) is 4.59. The Morgan fingerprint density at radius 1 is 1.32 bits per heavy atom. The van der Waals surface area contributed by atoms with Gasteiger partial charge in [-0.15, -0.1) is 0 Å². The number of hydrogen-bond acceptors (Lipinski definition) is 1. The second-order valence-corrected chi connectivity index (χ2v) is 5.83. The fraction of sp³-hybridized carbons (Fsp3) is 0.500. The summed E-state index contributed by atoms with van der Waals surface area (Å²) in [6, 6.07) is 6.69. The number of hydrogen-bond donors (Lipinski definition) is 1. The molecule has 19 heavy (non-hydrogen) atoms. The van der Waals surface area contributed by atoms with Crippen molar-refractivity contribution < 1.29 is 0 Å². The van der Waals surface area contributed by atoms with Crippen molar-refractivity contribution >= 4 is 22.5 Å². The molecule has 1 aromatic carbocycles. The molecule has 0 saturated heterocycles. The number of aryl methyl sites for hydroxylation is 1. The first kappa shape index (κ1) is 14.4. The van der Waals surface area contributed by atoms with Crippen LogP contribution in [0.1, 0.15) is 39.2 Å². The molecule has 0 aliphatic carbocycles. The Kier molecular flexibility index (Phi) is 4.89. The zero-order chi connectivity index (χ0) is 13.8. The Balaban J connectivity index is 2.35. The van der Waals surface area contributed by atoms with Gasteiger partial charge in [0, 0.05) is 41.3 Å². The number of aromatic nitrogens is 1. The molecule has 0 spiro atoms. The zero-order valence-electron chi connectivity index (χ0n) is 12.0. The van der Waals surface area contributed by atoms with Crippen LogP contribution in [0.5, 0.6) is 0 Å². The molecule has 104 valence electrons. The van der Waals surface area contributed by atoms with Gasteiger partial charge in [-0.1, -0.05) is 44.9 Å². The molecule has 0 aliphatic rings. The number of benzene rings is 1. The molecule has 2 aromatic rings. The largest absolute Gasteiger partial charge is 0.347 e. The monoisotopic (exact) mass is 278 g/mol. The third-order valence-electron chi connectivity index (χ3n) is 3.38. The second kappa shape index (κ2) is 6.44. The van der Waals surface area contributed by atoms with Gasteiger partial charge in [-0.05, 0) is 24.1 Å². The fourth-order valence-electron chi connectivity index (χ4n) is 2.31. The minimum absolute atomic E-state index is 0.501. The molecule has 2 nitrogen and oxygen atoms in total. The van der Waals surface area contributed by atoms with Gasteiger partial charge in [-0.3, -0.25) is 0 Å². The van der Waals surface area contributed by atoms with E-state index < -0.39 is 0 Å². The van der Waals surface area contributed by atoms with Gasteiger partial charge in [-0.2, -0.15) is 0 Å². The summed E-state index contributed by atoms with van der Waals surface area (Å²) < 4.78 is 2.34. The van der Waals surface area contributed by atoms with E-state index >= 15 is 0 Å². The van der Waals surface area contributed by atoms with Crippen LogP contribution in [-0.2, 0) is 13.1 Å². The van der Waals surface area contributed by atoms with E-state index in [1.807, 2.05) is 6.07 Å². The Bertz CT molecular complexity index is 543. The molecule has 0 atom stereocenters. The Morgan fingerprint density at radius 3 is 2.79 bits per heavy atom. The van der Waals surface area contributed by atoms with Gasteiger partial charge in [0.1, 0.15) is 0 Å². The van der Waals surface area contributed by atoms with Gasteiger partial charge in [-0.25, -0.2) is 0 Å². The normalized spacial score (nSPS) is 11.6. The molecular formula is C16H23ClN2. The van der Waals surface area contributed by atoms with Crippen molar-refractivity contribution in [1.82, 2.24) is 9.88 Å². The van der Waals surface area contributed by atoms with Gasteiger partial charge < -0.3 is 9.88 Å². The number of nitrogens with one attached hydrogen (secondary N) is 1. The first-order valence-corrected chi connectivity index (χ1v) is 7.50. The van der Waals surface area contributed by atoms with Gasteiger partial charge in [0.05, 0.1) is 0 Å². The molecule has 3 heteroatoms. The number of fused-ring (bicyclic) bond motifs is 1. The predicted molar refractivity (Wildman–Crippen MR) is 83.8 cm³/mol. The maximum Gasteiger partial charge on any atom is 0.0498 e. The lowest BCUT2D eigenvalue weighted by Gasteiger charge is -2.06. The highest BCUT2D eigenvalue weighted by Crippen LogP contribution is 2.25. The summed E-state index contributed by atoms with van der Waals surface area (Å²) in [7, 11) is 0. The average molecular weight is 279 g/mol. The number of rotatable bonds is 6. The first-order valence-electron chi connectivity index (χ1n) is 7.12.